The number of carbonyl (C=O) groups excluding carboxylic acids is 3. The molecule has 0 aromatic heterocycles. The summed E-state index contributed by atoms with van der Waals surface area (Å²) in [7, 11) is 0. The molecular formula is C27H22FNO6. The first-order chi connectivity index (χ1) is 16.7. The molecule has 178 valence electrons. The molecule has 0 radical (unpaired) electrons. The molecule has 1 saturated heterocycles. The van der Waals surface area contributed by atoms with Gasteiger partial charge in [0, 0.05) is 11.3 Å². The van der Waals surface area contributed by atoms with Crippen molar-refractivity contribution in [3.05, 3.63) is 101 Å². The lowest BCUT2D eigenvalue weighted by atomic mass is 9.95. The minimum atomic E-state index is -1.03. The first-order valence-electron chi connectivity index (χ1n) is 10.8. The number of aliphatic hydroxyl groups is 1. The molecule has 8 heteroatoms. The zero-order valence-electron chi connectivity index (χ0n) is 18.9. The van der Waals surface area contributed by atoms with Crippen LogP contribution >= 0.6 is 0 Å². The van der Waals surface area contributed by atoms with Crippen molar-refractivity contribution >= 4 is 29.1 Å². The van der Waals surface area contributed by atoms with Crippen LogP contribution in [0.2, 0.25) is 0 Å². The number of aliphatic hydroxyl groups excluding tert-OH is 1. The van der Waals surface area contributed by atoms with E-state index in [1.54, 1.807) is 13.8 Å². The Kier molecular flexibility index (Phi) is 6.38. The number of carbonyl (C=O) groups is 3. The number of halogens is 1. The maximum atomic E-state index is 13.4. The number of hydrogen-bond acceptors (Lipinski definition) is 6. The van der Waals surface area contributed by atoms with Crippen molar-refractivity contribution in [1.82, 2.24) is 0 Å². The van der Waals surface area contributed by atoms with E-state index in [0.29, 0.717) is 11.3 Å². The quantitative estimate of drug-likeness (QED) is 0.239. The van der Waals surface area contributed by atoms with Gasteiger partial charge in [-0.2, -0.15) is 0 Å². The van der Waals surface area contributed by atoms with Crippen molar-refractivity contribution < 1.29 is 33.7 Å². The van der Waals surface area contributed by atoms with Crippen LogP contribution in [0.25, 0.3) is 5.76 Å². The molecular weight excluding hydrogens is 453 g/mol. The SMILES string of the molecule is CC(C)OC(=O)c1ccc(N2C(=O)C(=O)/C(=C(/O)c3ccc(F)cc3)C2c2ccc(O)cc2)cc1. The van der Waals surface area contributed by atoms with Crippen molar-refractivity contribution in [2.24, 2.45) is 0 Å². The molecule has 1 aliphatic rings. The van der Waals surface area contributed by atoms with Crippen molar-refractivity contribution in [2.45, 2.75) is 26.0 Å². The number of aromatic hydroxyl groups is 1. The Balaban J connectivity index is 1.83. The van der Waals surface area contributed by atoms with Gasteiger partial charge < -0.3 is 14.9 Å². The van der Waals surface area contributed by atoms with Gasteiger partial charge in [0.1, 0.15) is 17.3 Å². The number of nitrogens with zero attached hydrogens (tertiary/aromatic N) is 1. The van der Waals surface area contributed by atoms with Crippen LogP contribution in [0.15, 0.2) is 78.4 Å². The number of amides is 1. The average Bonchev–Trinajstić information content (AvgIpc) is 3.09. The van der Waals surface area contributed by atoms with Crippen molar-refractivity contribution in [2.75, 3.05) is 4.90 Å². The lowest BCUT2D eigenvalue weighted by molar-refractivity contribution is -0.132. The number of benzene rings is 3. The standard InChI is InChI=1S/C27H22FNO6/c1-15(2)35-27(34)18-5-11-20(12-6-18)29-23(16-7-13-21(30)14-8-16)22(25(32)26(29)33)24(31)17-3-9-19(28)10-4-17/h3-15,23,30-31H,1-2H3/b24-22+. The summed E-state index contributed by atoms with van der Waals surface area (Å²) >= 11 is 0. The Morgan fingerprint density at radius 1 is 0.914 bits per heavy atom. The molecule has 35 heavy (non-hydrogen) atoms. The lowest BCUT2D eigenvalue weighted by Gasteiger charge is -2.25. The van der Waals surface area contributed by atoms with Crippen LogP contribution < -0.4 is 4.90 Å². The van der Waals surface area contributed by atoms with Crippen LogP contribution in [0, 0.1) is 5.82 Å². The molecule has 4 rings (SSSR count). The van der Waals surface area contributed by atoms with Crippen LogP contribution in [-0.4, -0.2) is 34.0 Å². The van der Waals surface area contributed by atoms with Gasteiger partial charge >= 0.3 is 5.97 Å². The molecule has 1 amide bonds. The summed E-state index contributed by atoms with van der Waals surface area (Å²) in [4.78, 5) is 39.7. The maximum Gasteiger partial charge on any atom is 0.338 e. The van der Waals surface area contributed by atoms with Gasteiger partial charge in [0.05, 0.1) is 23.3 Å². The third kappa shape index (κ3) is 4.63. The first-order valence-corrected chi connectivity index (χ1v) is 10.8. The molecule has 1 heterocycles. The maximum absolute atomic E-state index is 13.4. The second kappa shape index (κ2) is 9.42. The molecule has 7 nitrogen and oxygen atoms in total. The zero-order chi connectivity index (χ0) is 25.3. The summed E-state index contributed by atoms with van der Waals surface area (Å²) in [6.07, 6.45) is -0.305. The smallest absolute Gasteiger partial charge is 0.338 e. The van der Waals surface area contributed by atoms with Gasteiger partial charge in [0.2, 0.25) is 0 Å². The largest absolute Gasteiger partial charge is 0.508 e. The number of phenols is 1. The van der Waals surface area contributed by atoms with Crippen LogP contribution in [0.1, 0.15) is 41.4 Å². The predicted molar refractivity (Wildman–Crippen MR) is 126 cm³/mol. The van der Waals surface area contributed by atoms with E-state index in [2.05, 4.69) is 0 Å². The van der Waals surface area contributed by atoms with Gasteiger partial charge in [-0.1, -0.05) is 12.1 Å². The van der Waals surface area contributed by atoms with E-state index in [1.165, 1.54) is 65.6 Å². The number of rotatable bonds is 5. The zero-order valence-corrected chi connectivity index (χ0v) is 18.9. The Morgan fingerprint density at radius 3 is 2.06 bits per heavy atom. The molecule has 3 aromatic carbocycles. The van der Waals surface area contributed by atoms with E-state index in [4.69, 9.17) is 4.74 Å². The normalized spacial score (nSPS) is 17.1. The molecule has 1 aliphatic heterocycles. The molecule has 0 aliphatic carbocycles. The van der Waals surface area contributed by atoms with Gasteiger partial charge in [-0.25, -0.2) is 9.18 Å². The summed E-state index contributed by atoms with van der Waals surface area (Å²) in [5.41, 5.74) is 1.01. The van der Waals surface area contributed by atoms with Crippen molar-refractivity contribution in [1.29, 1.82) is 0 Å². The van der Waals surface area contributed by atoms with Crippen LogP contribution in [-0.2, 0) is 14.3 Å². The highest BCUT2D eigenvalue weighted by Crippen LogP contribution is 2.42. The molecule has 1 atom stereocenters. The monoisotopic (exact) mass is 475 g/mol. The van der Waals surface area contributed by atoms with Gasteiger partial charge in [-0.3, -0.25) is 14.5 Å². The number of ketones is 1. The number of phenolic OH excluding ortho intramolecular Hbond substituents is 1. The van der Waals surface area contributed by atoms with Gasteiger partial charge in [-0.15, -0.1) is 0 Å². The summed E-state index contributed by atoms with van der Waals surface area (Å²) in [5, 5.41) is 20.7. The van der Waals surface area contributed by atoms with Crippen LogP contribution in [0.3, 0.4) is 0 Å². The first kappa shape index (κ1) is 23.7. The van der Waals surface area contributed by atoms with Gasteiger partial charge in [-0.05, 0) is 80.1 Å². The predicted octanol–water partition coefficient (Wildman–Crippen LogP) is 4.72. The van der Waals surface area contributed by atoms with E-state index in [-0.39, 0.29) is 28.6 Å². The van der Waals surface area contributed by atoms with E-state index in [1.807, 2.05) is 0 Å². The van der Waals surface area contributed by atoms with Gasteiger partial charge in [0.15, 0.2) is 0 Å². The molecule has 0 saturated carbocycles. The molecule has 0 bridgehead atoms. The number of hydrogen-bond donors (Lipinski definition) is 2. The van der Waals surface area contributed by atoms with Crippen molar-refractivity contribution in [3.8, 4) is 5.75 Å². The summed E-state index contributed by atoms with van der Waals surface area (Å²) < 4.78 is 18.6. The van der Waals surface area contributed by atoms with Gasteiger partial charge in [0.25, 0.3) is 11.7 Å². The topological polar surface area (TPSA) is 104 Å². The third-order valence-corrected chi connectivity index (χ3v) is 5.49. The Bertz CT molecular complexity index is 1310. The minimum absolute atomic E-state index is 0.0164. The molecule has 1 fully saturated rings. The fraction of sp³-hybridized carbons (Fsp3) is 0.148. The fourth-order valence-electron chi connectivity index (χ4n) is 3.87. The minimum Gasteiger partial charge on any atom is -0.508 e. The van der Waals surface area contributed by atoms with Crippen molar-refractivity contribution in [3.63, 3.8) is 0 Å². The molecule has 3 aromatic rings. The average molecular weight is 475 g/mol. The second-order valence-electron chi connectivity index (χ2n) is 8.27. The van der Waals surface area contributed by atoms with E-state index in [9.17, 15) is 29.0 Å². The molecule has 1 unspecified atom stereocenters. The number of esters is 1. The Labute approximate surface area is 200 Å². The highest BCUT2D eigenvalue weighted by Gasteiger charge is 2.47. The van der Waals surface area contributed by atoms with Crippen LogP contribution in [0.4, 0.5) is 10.1 Å². The Hall–Kier alpha value is -4.46. The Morgan fingerprint density at radius 2 is 1.49 bits per heavy atom. The summed E-state index contributed by atoms with van der Waals surface area (Å²) in [6, 6.07) is 15.7. The second-order valence-corrected chi connectivity index (χ2v) is 8.27. The highest BCUT2D eigenvalue weighted by atomic mass is 19.1. The third-order valence-electron chi connectivity index (χ3n) is 5.49. The molecule has 2 N–H and O–H groups in total. The summed E-state index contributed by atoms with van der Waals surface area (Å²) in [6.45, 7) is 3.45. The lowest BCUT2D eigenvalue weighted by Crippen LogP contribution is -2.29. The fourth-order valence-corrected chi connectivity index (χ4v) is 3.87. The van der Waals surface area contributed by atoms with E-state index >= 15 is 0 Å². The summed E-state index contributed by atoms with van der Waals surface area (Å²) in [5.74, 6) is -3.33. The number of ether oxygens (including phenoxy) is 1. The van der Waals surface area contributed by atoms with E-state index < -0.39 is 35.3 Å². The number of Topliss-reactive ketones (excluding diaryl/α,β-unsaturated/α-hetero) is 1. The number of anilines is 1. The van der Waals surface area contributed by atoms with E-state index in [0.717, 1.165) is 12.1 Å². The highest BCUT2D eigenvalue weighted by molar-refractivity contribution is 6.51. The van der Waals surface area contributed by atoms with Crippen LogP contribution in [0.5, 0.6) is 5.75 Å². The molecule has 0 spiro atoms.